The third-order valence-electron chi connectivity index (χ3n) is 3.54. The Morgan fingerprint density at radius 3 is 2.74 bits per heavy atom. The summed E-state index contributed by atoms with van der Waals surface area (Å²) in [6, 6.07) is 0. The summed E-state index contributed by atoms with van der Waals surface area (Å²) < 4.78 is 6.99. The molecule has 0 aliphatic carbocycles. The van der Waals surface area contributed by atoms with Crippen LogP contribution in [0.4, 0.5) is 5.82 Å². The third kappa shape index (κ3) is 2.77. The Balaban J connectivity index is 1.99. The Morgan fingerprint density at radius 2 is 2.09 bits per heavy atom. The summed E-state index contributed by atoms with van der Waals surface area (Å²) in [5.74, 6) is 0.384. The quantitative estimate of drug-likeness (QED) is 0.466. The second kappa shape index (κ2) is 6.16. The summed E-state index contributed by atoms with van der Waals surface area (Å²) in [6.45, 7) is -0.394. The first-order valence-corrected chi connectivity index (χ1v) is 7.03. The monoisotopic (exact) mass is 322 g/mol. The number of aliphatic hydroxyl groups excluding tert-OH is 3. The van der Waals surface area contributed by atoms with Crippen molar-refractivity contribution in [2.24, 2.45) is 4.99 Å². The van der Waals surface area contributed by atoms with Crippen molar-refractivity contribution in [2.75, 3.05) is 20.7 Å². The second-order valence-electron chi connectivity index (χ2n) is 5.46. The molecule has 1 aliphatic rings. The van der Waals surface area contributed by atoms with Gasteiger partial charge in [-0.2, -0.15) is 0 Å². The molecule has 2 aromatic heterocycles. The average Bonchev–Trinajstić information content (AvgIpc) is 3.08. The lowest BCUT2D eigenvalue weighted by Gasteiger charge is -2.16. The number of aliphatic hydroxyl groups is 3. The van der Waals surface area contributed by atoms with Crippen LogP contribution in [0.3, 0.4) is 0 Å². The Labute approximate surface area is 131 Å². The number of hydrogen-bond donors (Lipinski definition) is 3. The van der Waals surface area contributed by atoms with Gasteiger partial charge in [0, 0.05) is 14.1 Å². The molecule has 4 atom stereocenters. The van der Waals surface area contributed by atoms with Gasteiger partial charge in [0.25, 0.3) is 0 Å². The van der Waals surface area contributed by atoms with Crippen LogP contribution in [0, 0.1) is 0 Å². The molecule has 0 saturated carbocycles. The summed E-state index contributed by atoms with van der Waals surface area (Å²) >= 11 is 0. The standard InChI is InChI=1S/C13H18N6O4/c1-18(2)5-17-11-8-12(15-4-14-11)19(6-16-8)13-10(22)9(21)7(3-20)23-13/h4-7,9-10,13,20-22H,3H2,1-2H3/b17-5+. The van der Waals surface area contributed by atoms with E-state index in [0.29, 0.717) is 17.0 Å². The molecule has 10 nitrogen and oxygen atoms in total. The van der Waals surface area contributed by atoms with Crippen LogP contribution >= 0.6 is 0 Å². The van der Waals surface area contributed by atoms with E-state index in [4.69, 9.17) is 4.74 Å². The summed E-state index contributed by atoms with van der Waals surface area (Å²) in [5.41, 5.74) is 0.865. The van der Waals surface area contributed by atoms with Gasteiger partial charge in [0.05, 0.1) is 19.3 Å². The van der Waals surface area contributed by atoms with Crippen molar-refractivity contribution in [3.05, 3.63) is 12.7 Å². The summed E-state index contributed by atoms with van der Waals surface area (Å²) in [5, 5.41) is 29.2. The molecule has 0 spiro atoms. The van der Waals surface area contributed by atoms with Crippen molar-refractivity contribution in [3.8, 4) is 0 Å². The molecule has 3 rings (SSSR count). The topological polar surface area (TPSA) is 129 Å². The van der Waals surface area contributed by atoms with Gasteiger partial charge in [0.1, 0.15) is 24.6 Å². The normalized spacial score (nSPS) is 28.0. The number of aromatic nitrogens is 4. The van der Waals surface area contributed by atoms with Crippen LogP contribution in [0.5, 0.6) is 0 Å². The van der Waals surface area contributed by atoms with Crippen LogP contribution in [-0.4, -0.2) is 85.1 Å². The number of hydrogen-bond acceptors (Lipinski definition) is 8. The van der Waals surface area contributed by atoms with Crippen LogP contribution in [0.1, 0.15) is 6.23 Å². The van der Waals surface area contributed by atoms with Crippen molar-refractivity contribution in [2.45, 2.75) is 24.5 Å². The van der Waals surface area contributed by atoms with Crippen LogP contribution in [0.15, 0.2) is 17.6 Å². The first-order valence-electron chi connectivity index (χ1n) is 7.03. The fourth-order valence-electron chi connectivity index (χ4n) is 2.40. The minimum absolute atomic E-state index is 0.384. The highest BCUT2D eigenvalue weighted by Gasteiger charge is 2.43. The molecule has 1 fully saturated rings. The largest absolute Gasteiger partial charge is 0.394 e. The van der Waals surface area contributed by atoms with Crippen LogP contribution in [0.25, 0.3) is 11.2 Å². The van der Waals surface area contributed by atoms with E-state index in [1.54, 1.807) is 11.2 Å². The highest BCUT2D eigenvalue weighted by molar-refractivity contribution is 5.82. The number of nitrogens with zero attached hydrogens (tertiary/aromatic N) is 6. The van der Waals surface area contributed by atoms with E-state index < -0.39 is 31.1 Å². The first-order chi connectivity index (χ1) is 11.0. The smallest absolute Gasteiger partial charge is 0.184 e. The maximum absolute atomic E-state index is 10.1. The minimum Gasteiger partial charge on any atom is -0.394 e. The zero-order chi connectivity index (χ0) is 16.6. The Kier molecular flexibility index (Phi) is 4.22. The second-order valence-corrected chi connectivity index (χ2v) is 5.46. The van der Waals surface area contributed by atoms with Crippen LogP contribution < -0.4 is 0 Å². The van der Waals surface area contributed by atoms with Crippen molar-refractivity contribution in [1.82, 2.24) is 24.4 Å². The van der Waals surface area contributed by atoms with E-state index >= 15 is 0 Å². The van der Waals surface area contributed by atoms with E-state index in [9.17, 15) is 15.3 Å². The maximum atomic E-state index is 10.1. The number of fused-ring (bicyclic) bond motifs is 1. The van der Waals surface area contributed by atoms with Crippen molar-refractivity contribution < 1.29 is 20.1 Å². The van der Waals surface area contributed by atoms with Gasteiger partial charge in [0.2, 0.25) is 0 Å². The van der Waals surface area contributed by atoms with Crippen LogP contribution in [-0.2, 0) is 4.74 Å². The Morgan fingerprint density at radius 1 is 1.30 bits per heavy atom. The van der Waals surface area contributed by atoms with Gasteiger partial charge in [-0.3, -0.25) is 4.57 Å². The Hall–Kier alpha value is -2.14. The zero-order valence-electron chi connectivity index (χ0n) is 12.7. The molecule has 3 N–H and O–H groups in total. The van der Waals surface area contributed by atoms with E-state index in [-0.39, 0.29) is 0 Å². The molecule has 3 heterocycles. The van der Waals surface area contributed by atoms with Crippen molar-refractivity contribution in [3.63, 3.8) is 0 Å². The molecule has 1 aliphatic heterocycles. The number of imidazole rings is 1. The van der Waals surface area contributed by atoms with E-state index in [1.165, 1.54) is 17.2 Å². The van der Waals surface area contributed by atoms with Crippen LogP contribution in [0.2, 0.25) is 0 Å². The van der Waals surface area contributed by atoms with Crippen molar-refractivity contribution >= 4 is 23.3 Å². The predicted octanol–water partition coefficient (Wildman–Crippen LogP) is -1.34. The molecule has 2 aromatic rings. The first kappa shape index (κ1) is 15.7. The van der Waals surface area contributed by atoms with E-state index in [2.05, 4.69) is 19.9 Å². The highest BCUT2D eigenvalue weighted by Crippen LogP contribution is 2.32. The summed E-state index contributed by atoms with van der Waals surface area (Å²) in [6.07, 6.45) is 0.225. The summed E-state index contributed by atoms with van der Waals surface area (Å²) in [4.78, 5) is 18.4. The van der Waals surface area contributed by atoms with Gasteiger partial charge < -0.3 is 25.0 Å². The molecule has 0 radical (unpaired) electrons. The lowest BCUT2D eigenvalue weighted by Crippen LogP contribution is -2.33. The zero-order valence-corrected chi connectivity index (χ0v) is 12.7. The predicted molar refractivity (Wildman–Crippen MR) is 80.2 cm³/mol. The molecule has 124 valence electrons. The van der Waals surface area contributed by atoms with Gasteiger partial charge >= 0.3 is 0 Å². The van der Waals surface area contributed by atoms with Gasteiger partial charge in [-0.15, -0.1) is 0 Å². The fourth-order valence-corrected chi connectivity index (χ4v) is 2.40. The van der Waals surface area contributed by atoms with E-state index in [0.717, 1.165) is 0 Å². The Bertz CT molecular complexity index is 718. The lowest BCUT2D eigenvalue weighted by atomic mass is 10.1. The van der Waals surface area contributed by atoms with Gasteiger partial charge in [-0.1, -0.05) is 0 Å². The fraction of sp³-hybridized carbons (Fsp3) is 0.538. The van der Waals surface area contributed by atoms with Crippen molar-refractivity contribution in [1.29, 1.82) is 0 Å². The third-order valence-corrected chi connectivity index (χ3v) is 3.54. The SMILES string of the molecule is CN(C)/C=N/c1ncnc2c1ncn2C1OC(CO)C(O)C1O. The molecule has 0 amide bonds. The number of aliphatic imine (C=N–C) groups is 1. The van der Waals surface area contributed by atoms with E-state index in [1.807, 2.05) is 14.1 Å². The molecular weight excluding hydrogens is 304 g/mol. The molecule has 0 aromatic carbocycles. The maximum Gasteiger partial charge on any atom is 0.184 e. The van der Waals surface area contributed by atoms with Gasteiger partial charge in [-0.25, -0.2) is 19.9 Å². The summed E-state index contributed by atoms with van der Waals surface area (Å²) in [7, 11) is 3.67. The minimum atomic E-state index is -1.20. The average molecular weight is 322 g/mol. The highest BCUT2D eigenvalue weighted by atomic mass is 16.6. The van der Waals surface area contributed by atoms with Gasteiger partial charge in [-0.05, 0) is 0 Å². The number of ether oxygens (including phenoxy) is 1. The molecule has 23 heavy (non-hydrogen) atoms. The molecule has 4 unspecified atom stereocenters. The molecular formula is C13H18N6O4. The number of rotatable bonds is 4. The molecule has 0 bridgehead atoms. The molecule has 1 saturated heterocycles. The lowest BCUT2D eigenvalue weighted by molar-refractivity contribution is -0.0511. The molecule has 10 heteroatoms. The van der Waals surface area contributed by atoms with Gasteiger partial charge in [0.15, 0.2) is 23.2 Å².